The number of benzene rings is 1. The molecule has 0 saturated carbocycles. The van der Waals surface area contributed by atoms with Crippen LogP contribution in [0.3, 0.4) is 0 Å². The maximum absolute atomic E-state index is 14.6. The average Bonchev–Trinajstić information content (AvgIpc) is 3.35. The molecule has 0 radical (unpaired) electrons. The van der Waals surface area contributed by atoms with Gasteiger partial charge in [-0.25, -0.2) is 19.0 Å². The summed E-state index contributed by atoms with van der Waals surface area (Å²) < 4.78 is 29.1. The number of aromatic nitrogens is 4. The second kappa shape index (κ2) is 8.62. The third-order valence-corrected chi connectivity index (χ3v) is 7.04. The second-order valence-electron chi connectivity index (χ2n) is 7.40. The van der Waals surface area contributed by atoms with Crippen LogP contribution >= 0.6 is 0 Å². The van der Waals surface area contributed by atoms with Gasteiger partial charge in [-0.05, 0) is 37.4 Å². The molecule has 2 N–H and O–H groups in total. The average molecular weight is 437 g/mol. The zero-order chi connectivity index (χ0) is 21.2. The van der Waals surface area contributed by atoms with Gasteiger partial charge in [0.25, 0.3) is 0 Å². The molecule has 1 unspecified atom stereocenters. The lowest BCUT2D eigenvalue weighted by atomic mass is 10.2. The molecule has 1 aliphatic heterocycles. The Kier molecular flexibility index (Phi) is 5.54. The summed E-state index contributed by atoms with van der Waals surface area (Å²) in [5.74, 6) is 0.0548. The molecule has 0 aliphatic carbocycles. The van der Waals surface area contributed by atoms with Gasteiger partial charge in [-0.2, -0.15) is 5.10 Å². The molecule has 0 amide bonds. The Morgan fingerprint density at radius 2 is 2.03 bits per heavy atom. The van der Waals surface area contributed by atoms with Crippen LogP contribution in [0.5, 0.6) is 0 Å². The lowest BCUT2D eigenvalue weighted by Crippen LogP contribution is -2.36. The molecule has 0 spiro atoms. The molecule has 1 fully saturated rings. The smallest absolute Gasteiger partial charge is 0.245 e. The second-order valence-corrected chi connectivity index (χ2v) is 9.08. The van der Waals surface area contributed by atoms with Crippen molar-refractivity contribution in [3.8, 4) is 5.69 Å². The summed E-state index contributed by atoms with van der Waals surface area (Å²) in [7, 11) is 0. The molecule has 4 heterocycles. The third kappa shape index (κ3) is 4.25. The Bertz CT molecular complexity index is 1200. The fourth-order valence-electron chi connectivity index (χ4n) is 3.67. The van der Waals surface area contributed by atoms with Crippen molar-refractivity contribution in [3.05, 3.63) is 66.9 Å². The monoisotopic (exact) mass is 436 g/mol. The molecular formula is C22H21FN6OS. The number of hydrogen-bond acceptors (Lipinski definition) is 6. The van der Waals surface area contributed by atoms with Crippen LogP contribution in [0.2, 0.25) is 0 Å². The number of halogens is 1. The number of hydrogen-bond donors (Lipinski definition) is 2. The number of nitrogens with zero attached hydrogens (tertiary/aromatic N) is 4. The highest BCUT2D eigenvalue weighted by atomic mass is 32.2. The molecule has 4 aromatic rings. The summed E-state index contributed by atoms with van der Waals surface area (Å²) in [6.45, 7) is 1.76. The Labute approximate surface area is 181 Å². The maximum Gasteiger partial charge on any atom is 0.245 e. The predicted molar refractivity (Wildman–Crippen MR) is 119 cm³/mol. The summed E-state index contributed by atoms with van der Waals surface area (Å²) in [5, 5.41) is 11.9. The van der Waals surface area contributed by atoms with E-state index in [-0.39, 0.29) is 5.25 Å². The predicted octanol–water partition coefficient (Wildman–Crippen LogP) is 3.56. The van der Waals surface area contributed by atoms with Crippen LogP contribution in [0.15, 0.2) is 66.1 Å². The summed E-state index contributed by atoms with van der Waals surface area (Å²) >= 11 is -1.15. The third-order valence-electron chi connectivity index (χ3n) is 5.33. The van der Waals surface area contributed by atoms with E-state index < -0.39 is 17.0 Å². The number of rotatable bonds is 5. The molecule has 9 heteroatoms. The lowest BCUT2D eigenvalue weighted by Gasteiger charge is -2.24. The Balaban J connectivity index is 1.39. The van der Waals surface area contributed by atoms with Crippen LogP contribution in [-0.2, 0) is 11.2 Å². The Hall–Kier alpha value is -3.01. The van der Waals surface area contributed by atoms with Crippen LogP contribution in [0.1, 0.15) is 12.8 Å². The first-order valence-corrected chi connectivity index (χ1v) is 11.3. The van der Waals surface area contributed by atoms with Crippen molar-refractivity contribution in [2.24, 2.45) is 0 Å². The standard InChI is InChI=1S/C22H21FN6OS/c23-18-12-16(29-11-1-8-26-29)3-4-19(18)27-21-13-20-15(14-25-21)2-5-22(28-20)31(30)17-6-9-24-10-7-17/h1-5,8,11-14,17,24H,6-7,9-10H2,(H,25,27). The molecule has 1 saturated heterocycles. The van der Waals surface area contributed by atoms with Gasteiger partial charge in [0.2, 0.25) is 5.03 Å². The molecule has 1 aromatic carbocycles. The summed E-state index contributed by atoms with van der Waals surface area (Å²) in [4.78, 5) is 8.98. The van der Waals surface area contributed by atoms with Gasteiger partial charge < -0.3 is 15.2 Å². The minimum atomic E-state index is -1.15. The van der Waals surface area contributed by atoms with Crippen LogP contribution in [0.4, 0.5) is 15.9 Å². The minimum Gasteiger partial charge on any atom is -0.610 e. The van der Waals surface area contributed by atoms with Gasteiger partial charge in [0, 0.05) is 66.2 Å². The highest BCUT2D eigenvalue weighted by molar-refractivity contribution is 7.92. The van der Waals surface area contributed by atoms with Gasteiger partial charge in [0.1, 0.15) is 16.9 Å². The quantitative estimate of drug-likeness (QED) is 0.465. The fourth-order valence-corrected chi connectivity index (χ4v) is 5.06. The van der Waals surface area contributed by atoms with E-state index in [4.69, 9.17) is 0 Å². The number of fused-ring (bicyclic) bond motifs is 1. The van der Waals surface area contributed by atoms with Gasteiger partial charge in [0.05, 0.1) is 16.9 Å². The van der Waals surface area contributed by atoms with Crippen molar-refractivity contribution in [2.45, 2.75) is 23.1 Å². The first kappa shape index (κ1) is 19.9. The molecular weight excluding hydrogens is 415 g/mol. The number of pyridine rings is 2. The van der Waals surface area contributed by atoms with E-state index in [2.05, 4.69) is 25.7 Å². The number of anilines is 2. The molecule has 0 bridgehead atoms. The molecule has 7 nitrogen and oxygen atoms in total. The van der Waals surface area contributed by atoms with Gasteiger partial charge >= 0.3 is 0 Å². The highest BCUT2D eigenvalue weighted by Crippen LogP contribution is 2.26. The van der Waals surface area contributed by atoms with Crippen LogP contribution in [0, 0.1) is 5.82 Å². The van der Waals surface area contributed by atoms with E-state index >= 15 is 0 Å². The Morgan fingerprint density at radius 1 is 1.16 bits per heavy atom. The first-order valence-electron chi connectivity index (χ1n) is 10.1. The van der Waals surface area contributed by atoms with E-state index in [9.17, 15) is 8.94 Å². The normalized spacial score (nSPS) is 15.8. The largest absolute Gasteiger partial charge is 0.610 e. The van der Waals surface area contributed by atoms with Gasteiger partial charge in [-0.15, -0.1) is 0 Å². The SMILES string of the molecule is [O-][S+](c1ccc2cnc(Nc3ccc(-n4cccn4)cc3F)cc2n1)C1CCNCC1. The van der Waals surface area contributed by atoms with Crippen LogP contribution < -0.4 is 10.6 Å². The van der Waals surface area contributed by atoms with E-state index in [1.165, 1.54) is 6.07 Å². The van der Waals surface area contributed by atoms with Crippen molar-refractivity contribution in [2.75, 3.05) is 18.4 Å². The molecule has 5 rings (SSSR count). The molecule has 1 atom stereocenters. The Morgan fingerprint density at radius 3 is 2.81 bits per heavy atom. The topological polar surface area (TPSA) is 90.7 Å². The van der Waals surface area contributed by atoms with Crippen molar-refractivity contribution in [1.29, 1.82) is 0 Å². The summed E-state index contributed by atoms with van der Waals surface area (Å²) in [6.07, 6.45) is 6.83. The maximum atomic E-state index is 14.6. The fraction of sp³-hybridized carbons (Fsp3) is 0.227. The minimum absolute atomic E-state index is 0.119. The van der Waals surface area contributed by atoms with E-state index in [0.717, 1.165) is 31.3 Å². The first-order chi connectivity index (χ1) is 15.2. The van der Waals surface area contributed by atoms with Crippen molar-refractivity contribution in [1.82, 2.24) is 25.1 Å². The zero-order valence-corrected chi connectivity index (χ0v) is 17.5. The molecule has 3 aromatic heterocycles. The number of piperidine rings is 1. The molecule has 31 heavy (non-hydrogen) atoms. The van der Waals surface area contributed by atoms with Gasteiger partial charge in [-0.1, -0.05) is 0 Å². The van der Waals surface area contributed by atoms with Gasteiger partial charge in [0.15, 0.2) is 0 Å². The van der Waals surface area contributed by atoms with Crippen LogP contribution in [-0.4, -0.2) is 42.6 Å². The van der Waals surface area contributed by atoms with Crippen molar-refractivity contribution >= 4 is 33.6 Å². The molecule has 1 aliphatic rings. The van der Waals surface area contributed by atoms with E-state index in [1.54, 1.807) is 47.5 Å². The highest BCUT2D eigenvalue weighted by Gasteiger charge is 2.27. The summed E-state index contributed by atoms with van der Waals surface area (Å²) in [5.41, 5.74) is 1.61. The van der Waals surface area contributed by atoms with Crippen molar-refractivity contribution in [3.63, 3.8) is 0 Å². The van der Waals surface area contributed by atoms with E-state index in [0.29, 0.717) is 27.7 Å². The lowest BCUT2D eigenvalue weighted by molar-refractivity contribution is 0.494. The van der Waals surface area contributed by atoms with E-state index in [1.807, 2.05) is 12.1 Å². The number of nitrogens with one attached hydrogen (secondary N) is 2. The van der Waals surface area contributed by atoms with Gasteiger partial charge in [-0.3, -0.25) is 0 Å². The van der Waals surface area contributed by atoms with Crippen molar-refractivity contribution < 1.29 is 8.94 Å². The van der Waals surface area contributed by atoms with Crippen LogP contribution in [0.25, 0.3) is 16.6 Å². The zero-order valence-electron chi connectivity index (χ0n) is 16.7. The molecule has 158 valence electrons. The summed E-state index contributed by atoms with van der Waals surface area (Å²) in [6, 6.07) is 12.1.